The highest BCUT2D eigenvalue weighted by Crippen LogP contribution is 2.26. The minimum absolute atomic E-state index is 0.0348. The minimum atomic E-state index is -0.451. The molecule has 2 amide bonds. The molecule has 0 saturated heterocycles. The topological polar surface area (TPSA) is 112 Å². The van der Waals surface area contributed by atoms with E-state index in [0.29, 0.717) is 34.3 Å². The number of hydrogen-bond acceptors (Lipinski definition) is 6. The summed E-state index contributed by atoms with van der Waals surface area (Å²) in [4.78, 5) is 33.7. The third-order valence-electron chi connectivity index (χ3n) is 4.85. The fourth-order valence-corrected chi connectivity index (χ4v) is 3.28. The maximum absolute atomic E-state index is 12.6. The molecule has 2 heterocycles. The molecule has 4 aromatic rings. The highest BCUT2D eigenvalue weighted by molar-refractivity contribution is 6.01. The zero-order chi connectivity index (χ0) is 23.4. The summed E-state index contributed by atoms with van der Waals surface area (Å²) in [6.07, 6.45) is 1.58. The van der Waals surface area contributed by atoms with Gasteiger partial charge in [0.05, 0.1) is 24.2 Å². The Labute approximate surface area is 189 Å². The second kappa shape index (κ2) is 9.43. The smallest absolute Gasteiger partial charge is 0.323 e. The third-order valence-corrected chi connectivity index (χ3v) is 4.85. The number of urea groups is 1. The molecule has 170 valence electrons. The van der Waals surface area contributed by atoms with Gasteiger partial charge in [0, 0.05) is 12.1 Å². The number of carbonyl (C=O) groups is 1. The van der Waals surface area contributed by atoms with Crippen LogP contribution in [-0.4, -0.2) is 32.3 Å². The number of ether oxygens (including phenoxy) is 2. The lowest BCUT2D eigenvalue weighted by Crippen LogP contribution is -2.23. The van der Waals surface area contributed by atoms with Gasteiger partial charge in [0.1, 0.15) is 24.4 Å². The van der Waals surface area contributed by atoms with Crippen LogP contribution in [0, 0.1) is 0 Å². The van der Waals surface area contributed by atoms with E-state index in [-0.39, 0.29) is 18.2 Å². The monoisotopic (exact) mass is 448 g/mol. The van der Waals surface area contributed by atoms with Crippen LogP contribution in [-0.2, 0) is 6.61 Å². The summed E-state index contributed by atoms with van der Waals surface area (Å²) in [5.41, 5.74) is 1.19. The van der Waals surface area contributed by atoms with Gasteiger partial charge in [0.15, 0.2) is 0 Å². The molecule has 0 radical (unpaired) electrons. The van der Waals surface area contributed by atoms with E-state index >= 15 is 0 Å². The quantitative estimate of drug-likeness (QED) is 0.446. The van der Waals surface area contributed by atoms with Gasteiger partial charge in [-0.3, -0.25) is 9.48 Å². The maximum Gasteiger partial charge on any atom is 0.323 e. The SMILES string of the molecule is COc1ccccc1NC(=O)Nc1ccccc1OCc1cc(=O)n2c(ncn2C(C)C)n1. The summed E-state index contributed by atoms with van der Waals surface area (Å²) >= 11 is 0. The van der Waals surface area contributed by atoms with Crippen molar-refractivity contribution in [3.8, 4) is 11.5 Å². The largest absolute Gasteiger partial charge is 0.495 e. The van der Waals surface area contributed by atoms with Crippen LogP contribution in [0.5, 0.6) is 11.5 Å². The van der Waals surface area contributed by atoms with Crippen LogP contribution in [0.1, 0.15) is 25.6 Å². The normalized spacial score (nSPS) is 10.9. The number of rotatable bonds is 7. The number of nitrogens with one attached hydrogen (secondary N) is 2. The zero-order valence-corrected chi connectivity index (χ0v) is 18.5. The lowest BCUT2D eigenvalue weighted by molar-refractivity contribution is 0.261. The van der Waals surface area contributed by atoms with Gasteiger partial charge in [0.25, 0.3) is 11.3 Å². The van der Waals surface area contributed by atoms with Crippen molar-refractivity contribution in [2.24, 2.45) is 0 Å². The first kappa shape index (κ1) is 21.9. The number of carbonyl (C=O) groups excluding carboxylic acids is 1. The van der Waals surface area contributed by atoms with Crippen LogP contribution in [0.25, 0.3) is 5.78 Å². The highest BCUT2D eigenvalue weighted by atomic mass is 16.5. The summed E-state index contributed by atoms with van der Waals surface area (Å²) in [5.74, 6) is 1.28. The summed E-state index contributed by atoms with van der Waals surface area (Å²) in [7, 11) is 1.53. The Morgan fingerprint density at radius 3 is 2.33 bits per heavy atom. The van der Waals surface area contributed by atoms with E-state index in [1.807, 2.05) is 19.9 Å². The summed E-state index contributed by atoms with van der Waals surface area (Å²) in [6, 6.07) is 15.1. The van der Waals surface area contributed by atoms with Gasteiger partial charge in [-0.1, -0.05) is 24.3 Å². The first-order chi connectivity index (χ1) is 16.0. The van der Waals surface area contributed by atoms with Gasteiger partial charge in [-0.2, -0.15) is 9.50 Å². The van der Waals surface area contributed by atoms with E-state index in [2.05, 4.69) is 20.6 Å². The van der Waals surface area contributed by atoms with Crippen LogP contribution in [0.2, 0.25) is 0 Å². The number of aromatic nitrogens is 4. The molecule has 0 fully saturated rings. The highest BCUT2D eigenvalue weighted by Gasteiger charge is 2.13. The molecule has 0 atom stereocenters. The van der Waals surface area contributed by atoms with Crippen LogP contribution in [0.4, 0.5) is 16.2 Å². The van der Waals surface area contributed by atoms with Crippen molar-refractivity contribution < 1.29 is 14.3 Å². The predicted molar refractivity (Wildman–Crippen MR) is 124 cm³/mol. The van der Waals surface area contributed by atoms with Crippen molar-refractivity contribution in [1.29, 1.82) is 0 Å². The molecule has 2 N–H and O–H groups in total. The van der Waals surface area contributed by atoms with E-state index in [9.17, 15) is 9.59 Å². The number of nitrogens with zero attached hydrogens (tertiary/aromatic N) is 4. The fraction of sp³-hybridized carbons (Fsp3) is 0.217. The van der Waals surface area contributed by atoms with E-state index in [0.717, 1.165) is 0 Å². The van der Waals surface area contributed by atoms with Crippen LogP contribution < -0.4 is 25.7 Å². The molecule has 0 saturated carbocycles. The van der Waals surface area contributed by atoms with E-state index in [1.54, 1.807) is 53.5 Å². The Kier molecular flexibility index (Phi) is 6.25. The first-order valence-corrected chi connectivity index (χ1v) is 10.3. The Morgan fingerprint density at radius 1 is 1.03 bits per heavy atom. The zero-order valence-electron chi connectivity index (χ0n) is 18.5. The Hall–Kier alpha value is -4.34. The Bertz CT molecular complexity index is 1340. The Balaban J connectivity index is 1.48. The number of hydrogen-bond donors (Lipinski definition) is 2. The molecule has 4 rings (SSSR count). The molecule has 33 heavy (non-hydrogen) atoms. The molecular formula is C23H24N6O4. The lowest BCUT2D eigenvalue weighted by Gasteiger charge is -2.14. The number of para-hydroxylation sites is 4. The summed E-state index contributed by atoms with van der Waals surface area (Å²) < 4.78 is 14.3. The molecule has 0 aliphatic rings. The van der Waals surface area contributed by atoms with Crippen LogP contribution >= 0.6 is 0 Å². The maximum atomic E-state index is 12.6. The number of fused-ring (bicyclic) bond motifs is 1. The van der Waals surface area contributed by atoms with E-state index in [4.69, 9.17) is 9.47 Å². The molecule has 0 unspecified atom stereocenters. The standard InChI is InChI=1S/C23H24N6O4/c1-15(2)28-14-24-22-25-16(12-21(30)29(22)28)13-33-20-11-7-5-9-18(20)27-23(31)26-17-8-4-6-10-19(17)32-3/h4-12,14-15H,13H2,1-3H3,(H2,26,27,31). The van der Waals surface area contributed by atoms with Gasteiger partial charge in [0.2, 0.25) is 0 Å². The van der Waals surface area contributed by atoms with Crippen molar-refractivity contribution >= 4 is 23.2 Å². The molecule has 2 aromatic heterocycles. The molecular weight excluding hydrogens is 424 g/mol. The first-order valence-electron chi connectivity index (χ1n) is 10.3. The van der Waals surface area contributed by atoms with Gasteiger partial charge >= 0.3 is 6.03 Å². The minimum Gasteiger partial charge on any atom is -0.495 e. The second-order valence-electron chi connectivity index (χ2n) is 7.48. The molecule has 10 nitrogen and oxygen atoms in total. The van der Waals surface area contributed by atoms with Crippen molar-refractivity contribution in [3.05, 3.63) is 77.0 Å². The van der Waals surface area contributed by atoms with Crippen LogP contribution in [0.15, 0.2) is 65.7 Å². The van der Waals surface area contributed by atoms with E-state index in [1.165, 1.54) is 17.7 Å². The van der Waals surface area contributed by atoms with Gasteiger partial charge in [-0.05, 0) is 38.1 Å². The molecule has 2 aromatic carbocycles. The van der Waals surface area contributed by atoms with Crippen molar-refractivity contribution in [2.45, 2.75) is 26.5 Å². The lowest BCUT2D eigenvalue weighted by atomic mass is 10.3. The molecule has 0 spiro atoms. The molecule has 0 aliphatic heterocycles. The third kappa shape index (κ3) is 4.79. The van der Waals surface area contributed by atoms with Crippen molar-refractivity contribution in [1.82, 2.24) is 19.2 Å². The van der Waals surface area contributed by atoms with Gasteiger partial charge < -0.3 is 20.1 Å². The molecule has 0 bridgehead atoms. The number of methoxy groups -OCH3 is 1. The fourth-order valence-electron chi connectivity index (χ4n) is 3.28. The molecule has 10 heteroatoms. The van der Waals surface area contributed by atoms with Crippen molar-refractivity contribution in [2.75, 3.05) is 17.7 Å². The average Bonchev–Trinajstić information content (AvgIpc) is 3.24. The van der Waals surface area contributed by atoms with Gasteiger partial charge in [-0.25, -0.2) is 9.78 Å². The summed E-state index contributed by atoms with van der Waals surface area (Å²) in [6.45, 7) is 3.95. The second-order valence-corrected chi connectivity index (χ2v) is 7.48. The number of anilines is 2. The van der Waals surface area contributed by atoms with E-state index < -0.39 is 6.03 Å². The Morgan fingerprint density at radius 2 is 1.67 bits per heavy atom. The predicted octanol–water partition coefficient (Wildman–Crippen LogP) is 3.70. The van der Waals surface area contributed by atoms with Crippen molar-refractivity contribution in [3.63, 3.8) is 0 Å². The number of benzene rings is 2. The van der Waals surface area contributed by atoms with Crippen LogP contribution in [0.3, 0.4) is 0 Å². The number of amides is 2. The van der Waals surface area contributed by atoms with Gasteiger partial charge in [-0.15, -0.1) is 0 Å². The average molecular weight is 448 g/mol. The molecule has 0 aliphatic carbocycles. The summed E-state index contributed by atoms with van der Waals surface area (Å²) in [5, 5.41) is 5.52.